The van der Waals surface area contributed by atoms with Crippen molar-refractivity contribution in [1.82, 2.24) is 4.98 Å². The molecule has 0 fully saturated rings. The zero-order valence-corrected chi connectivity index (χ0v) is 14.5. The number of hydrogen-bond acceptors (Lipinski definition) is 4. The van der Waals surface area contributed by atoms with Gasteiger partial charge in [-0.1, -0.05) is 35.9 Å². The van der Waals surface area contributed by atoms with Crippen LogP contribution in [0.3, 0.4) is 0 Å². The molecule has 24 heavy (non-hydrogen) atoms. The summed E-state index contributed by atoms with van der Waals surface area (Å²) < 4.78 is 5.10. The van der Waals surface area contributed by atoms with Crippen molar-refractivity contribution in [2.45, 2.75) is 6.42 Å². The zero-order chi connectivity index (χ0) is 16.9. The van der Waals surface area contributed by atoms with Crippen molar-refractivity contribution in [3.63, 3.8) is 0 Å². The first-order chi connectivity index (χ1) is 11.6. The van der Waals surface area contributed by atoms with Gasteiger partial charge in [-0.3, -0.25) is 4.79 Å². The van der Waals surface area contributed by atoms with Gasteiger partial charge in [-0.25, -0.2) is 4.98 Å². The molecule has 0 aliphatic heterocycles. The normalized spacial score (nSPS) is 10.4. The number of aromatic nitrogens is 1. The average molecular weight is 359 g/mol. The van der Waals surface area contributed by atoms with E-state index >= 15 is 0 Å². The number of anilines is 1. The van der Waals surface area contributed by atoms with E-state index in [1.54, 1.807) is 7.11 Å². The molecule has 0 saturated heterocycles. The van der Waals surface area contributed by atoms with Crippen LogP contribution in [0.5, 0.6) is 5.75 Å². The monoisotopic (exact) mass is 358 g/mol. The van der Waals surface area contributed by atoms with E-state index in [9.17, 15) is 4.79 Å². The van der Waals surface area contributed by atoms with Gasteiger partial charge < -0.3 is 10.1 Å². The van der Waals surface area contributed by atoms with E-state index in [4.69, 9.17) is 16.3 Å². The van der Waals surface area contributed by atoms with E-state index < -0.39 is 0 Å². The fourth-order valence-electron chi connectivity index (χ4n) is 2.18. The Bertz CT molecular complexity index is 829. The lowest BCUT2D eigenvalue weighted by Gasteiger charge is -2.04. The molecule has 0 aliphatic rings. The molecule has 0 atom stereocenters. The van der Waals surface area contributed by atoms with E-state index in [-0.39, 0.29) is 5.91 Å². The quantitative estimate of drug-likeness (QED) is 0.722. The summed E-state index contributed by atoms with van der Waals surface area (Å²) in [5, 5.41) is 6.00. The van der Waals surface area contributed by atoms with Gasteiger partial charge in [0, 0.05) is 16.0 Å². The molecule has 0 unspecified atom stereocenters. The molecule has 1 amide bonds. The number of carbonyl (C=O) groups excluding carboxylic acids is 1. The van der Waals surface area contributed by atoms with Gasteiger partial charge in [0.15, 0.2) is 5.13 Å². The third-order valence-electron chi connectivity index (χ3n) is 3.41. The number of ether oxygens (including phenoxy) is 1. The van der Waals surface area contributed by atoms with Crippen LogP contribution < -0.4 is 10.1 Å². The molecule has 122 valence electrons. The highest BCUT2D eigenvalue weighted by atomic mass is 35.5. The molecular weight excluding hydrogens is 344 g/mol. The highest BCUT2D eigenvalue weighted by Crippen LogP contribution is 2.26. The second-order valence-electron chi connectivity index (χ2n) is 5.12. The summed E-state index contributed by atoms with van der Waals surface area (Å²) in [5.41, 5.74) is 2.70. The predicted molar refractivity (Wildman–Crippen MR) is 97.9 cm³/mol. The highest BCUT2D eigenvalue weighted by molar-refractivity contribution is 7.14. The van der Waals surface area contributed by atoms with Gasteiger partial charge in [-0.15, -0.1) is 11.3 Å². The zero-order valence-electron chi connectivity index (χ0n) is 13.0. The molecule has 1 aromatic heterocycles. The molecule has 0 bridgehead atoms. The van der Waals surface area contributed by atoms with Gasteiger partial charge in [0.2, 0.25) is 5.91 Å². The molecule has 0 spiro atoms. The molecule has 1 N–H and O–H groups in total. The lowest BCUT2D eigenvalue weighted by Crippen LogP contribution is -2.14. The maximum atomic E-state index is 12.1. The van der Waals surface area contributed by atoms with Crippen LogP contribution >= 0.6 is 22.9 Å². The molecule has 4 nitrogen and oxygen atoms in total. The number of methoxy groups -OCH3 is 1. The Morgan fingerprint density at radius 3 is 2.54 bits per heavy atom. The van der Waals surface area contributed by atoms with Crippen molar-refractivity contribution >= 4 is 34.0 Å². The van der Waals surface area contributed by atoms with Crippen LogP contribution in [0.1, 0.15) is 5.56 Å². The van der Waals surface area contributed by atoms with E-state index in [1.165, 1.54) is 11.3 Å². The van der Waals surface area contributed by atoms with E-state index in [0.29, 0.717) is 16.6 Å². The van der Waals surface area contributed by atoms with Crippen molar-refractivity contribution in [1.29, 1.82) is 0 Å². The Morgan fingerprint density at radius 2 is 1.88 bits per heavy atom. The topological polar surface area (TPSA) is 51.2 Å². The molecule has 6 heteroatoms. The number of benzene rings is 2. The van der Waals surface area contributed by atoms with Crippen LogP contribution in [0.25, 0.3) is 11.3 Å². The second-order valence-corrected chi connectivity index (χ2v) is 6.41. The third-order valence-corrected chi connectivity index (χ3v) is 4.42. The van der Waals surface area contributed by atoms with Crippen LogP contribution in [-0.2, 0) is 11.2 Å². The predicted octanol–water partition coefficient (Wildman–Crippen LogP) is 4.65. The number of thiazole rings is 1. The van der Waals surface area contributed by atoms with Gasteiger partial charge in [0.1, 0.15) is 5.75 Å². The first-order valence-electron chi connectivity index (χ1n) is 7.28. The summed E-state index contributed by atoms with van der Waals surface area (Å²) in [6, 6.07) is 14.9. The Morgan fingerprint density at radius 1 is 1.17 bits per heavy atom. The molecule has 3 aromatic rings. The van der Waals surface area contributed by atoms with Crippen LogP contribution in [0, 0.1) is 0 Å². The highest BCUT2D eigenvalue weighted by Gasteiger charge is 2.09. The van der Waals surface area contributed by atoms with E-state index in [2.05, 4.69) is 10.3 Å². The minimum atomic E-state index is -0.0998. The van der Waals surface area contributed by atoms with Gasteiger partial charge in [0.25, 0.3) is 0 Å². The number of rotatable bonds is 5. The maximum Gasteiger partial charge on any atom is 0.230 e. The van der Waals surface area contributed by atoms with Crippen LogP contribution in [0.4, 0.5) is 5.13 Å². The number of amides is 1. The summed E-state index contributed by atoms with van der Waals surface area (Å²) in [6.45, 7) is 0. The van der Waals surface area contributed by atoms with Crippen LogP contribution in [-0.4, -0.2) is 18.0 Å². The Hall–Kier alpha value is -2.37. The van der Waals surface area contributed by atoms with E-state index in [0.717, 1.165) is 22.6 Å². The number of hydrogen-bond donors (Lipinski definition) is 1. The largest absolute Gasteiger partial charge is 0.497 e. The van der Waals surface area contributed by atoms with Gasteiger partial charge in [-0.05, 0) is 29.8 Å². The van der Waals surface area contributed by atoms with Crippen LogP contribution in [0.2, 0.25) is 5.02 Å². The standard InChI is InChI=1S/C18H15ClN2O2S/c1-23-15-8-2-12(3-9-15)10-17(22)21-18-20-16(11-24-18)13-4-6-14(19)7-5-13/h2-9,11H,10H2,1H3,(H,20,21,22). The molecular formula is C18H15ClN2O2S. The average Bonchev–Trinajstić information content (AvgIpc) is 3.04. The fraction of sp³-hybridized carbons (Fsp3) is 0.111. The first kappa shape index (κ1) is 16.5. The molecule has 0 saturated carbocycles. The molecule has 3 rings (SSSR count). The maximum absolute atomic E-state index is 12.1. The van der Waals surface area contributed by atoms with E-state index in [1.807, 2.05) is 53.9 Å². The fourth-order valence-corrected chi connectivity index (χ4v) is 3.04. The summed E-state index contributed by atoms with van der Waals surface area (Å²) in [4.78, 5) is 16.6. The Balaban J connectivity index is 1.63. The van der Waals surface area contributed by atoms with Crippen molar-refractivity contribution in [3.05, 3.63) is 64.5 Å². The van der Waals surface area contributed by atoms with Gasteiger partial charge in [0.05, 0.1) is 19.2 Å². The summed E-state index contributed by atoms with van der Waals surface area (Å²) in [5.74, 6) is 0.670. The Kier molecular flexibility index (Phi) is 5.13. The SMILES string of the molecule is COc1ccc(CC(=O)Nc2nc(-c3ccc(Cl)cc3)cs2)cc1. The van der Waals surface area contributed by atoms with Crippen molar-refractivity contribution in [2.24, 2.45) is 0 Å². The number of nitrogens with one attached hydrogen (secondary N) is 1. The van der Waals surface area contributed by atoms with Crippen molar-refractivity contribution in [2.75, 3.05) is 12.4 Å². The van der Waals surface area contributed by atoms with Crippen molar-refractivity contribution < 1.29 is 9.53 Å². The minimum Gasteiger partial charge on any atom is -0.497 e. The van der Waals surface area contributed by atoms with Crippen molar-refractivity contribution in [3.8, 4) is 17.0 Å². The second kappa shape index (κ2) is 7.47. The third kappa shape index (κ3) is 4.13. The smallest absolute Gasteiger partial charge is 0.230 e. The summed E-state index contributed by atoms with van der Waals surface area (Å²) >= 11 is 7.28. The Labute approximate surface area is 149 Å². The van der Waals surface area contributed by atoms with Gasteiger partial charge >= 0.3 is 0 Å². The molecule has 2 aromatic carbocycles. The number of halogens is 1. The lowest BCUT2D eigenvalue weighted by atomic mass is 10.1. The summed E-state index contributed by atoms with van der Waals surface area (Å²) in [6.07, 6.45) is 0.292. The van der Waals surface area contributed by atoms with Gasteiger partial charge in [-0.2, -0.15) is 0 Å². The minimum absolute atomic E-state index is 0.0998. The molecule has 1 heterocycles. The molecule has 0 aliphatic carbocycles. The number of carbonyl (C=O) groups is 1. The van der Waals surface area contributed by atoms with Crippen LogP contribution in [0.15, 0.2) is 53.9 Å². The summed E-state index contributed by atoms with van der Waals surface area (Å²) in [7, 11) is 1.61. The number of nitrogens with zero attached hydrogens (tertiary/aromatic N) is 1. The molecule has 0 radical (unpaired) electrons. The lowest BCUT2D eigenvalue weighted by molar-refractivity contribution is -0.115. The first-order valence-corrected chi connectivity index (χ1v) is 8.54.